The summed E-state index contributed by atoms with van der Waals surface area (Å²) in [5.41, 5.74) is -2.76. The van der Waals surface area contributed by atoms with Gasteiger partial charge in [-0.1, -0.05) is 6.07 Å². The van der Waals surface area contributed by atoms with Crippen molar-refractivity contribution in [2.24, 2.45) is 0 Å². The number of alkyl halides is 3. The van der Waals surface area contributed by atoms with Gasteiger partial charge in [-0.15, -0.1) is 0 Å². The monoisotopic (exact) mass is 362 g/mol. The molecule has 24 heavy (non-hydrogen) atoms. The highest BCUT2D eigenvalue weighted by molar-refractivity contribution is 7.90. The second-order valence-electron chi connectivity index (χ2n) is 5.35. The van der Waals surface area contributed by atoms with Gasteiger partial charge in [-0.25, -0.2) is 18.1 Å². The molecule has 0 unspecified atom stereocenters. The highest BCUT2D eigenvalue weighted by atomic mass is 32.2. The second kappa shape index (κ2) is 5.45. The SMILES string of the molecule is Cc1nc2c(CCCNS(=O)(=O)C(F)(F)F)ccc3[nH]c(=O)c1n32. The van der Waals surface area contributed by atoms with E-state index >= 15 is 0 Å². The summed E-state index contributed by atoms with van der Waals surface area (Å²) in [6, 6.07) is 3.39. The van der Waals surface area contributed by atoms with Gasteiger partial charge in [-0.2, -0.15) is 13.2 Å². The zero-order valence-corrected chi connectivity index (χ0v) is 13.3. The predicted octanol–water partition coefficient (Wildman–Crippen LogP) is 1.29. The third-order valence-corrected chi connectivity index (χ3v) is 4.89. The molecule has 3 heterocycles. The molecule has 0 amide bonds. The van der Waals surface area contributed by atoms with Gasteiger partial charge in [0.25, 0.3) is 5.56 Å². The summed E-state index contributed by atoms with van der Waals surface area (Å²) in [6.45, 7) is 1.34. The van der Waals surface area contributed by atoms with Crippen molar-refractivity contribution < 1.29 is 21.6 Å². The molecule has 130 valence electrons. The van der Waals surface area contributed by atoms with Crippen LogP contribution in [0, 0.1) is 6.92 Å². The Morgan fingerprint density at radius 2 is 2.04 bits per heavy atom. The normalized spacial score (nSPS) is 13.3. The van der Waals surface area contributed by atoms with E-state index in [4.69, 9.17) is 0 Å². The highest BCUT2D eigenvalue weighted by Gasteiger charge is 2.45. The first kappa shape index (κ1) is 16.7. The maximum Gasteiger partial charge on any atom is 0.511 e. The number of rotatable bonds is 5. The number of hydrogen-bond donors (Lipinski definition) is 2. The lowest BCUT2D eigenvalue weighted by Crippen LogP contribution is -2.37. The molecule has 0 aliphatic carbocycles. The molecule has 0 spiro atoms. The molecule has 3 aromatic heterocycles. The number of H-pyrrole nitrogens is 1. The smallest absolute Gasteiger partial charge is 0.306 e. The van der Waals surface area contributed by atoms with Crippen molar-refractivity contribution in [3.8, 4) is 0 Å². The van der Waals surface area contributed by atoms with Gasteiger partial charge in [0.1, 0.15) is 16.8 Å². The van der Waals surface area contributed by atoms with E-state index in [2.05, 4.69) is 9.97 Å². The Balaban J connectivity index is 1.78. The Labute approximate surface area is 133 Å². The molecular formula is C13H13F3N4O3S. The second-order valence-corrected chi connectivity index (χ2v) is 7.11. The number of pyridine rings is 1. The Bertz CT molecular complexity index is 1050. The van der Waals surface area contributed by atoms with Crippen LogP contribution >= 0.6 is 0 Å². The first-order chi connectivity index (χ1) is 11.1. The molecule has 0 fully saturated rings. The van der Waals surface area contributed by atoms with E-state index in [1.807, 2.05) is 0 Å². The van der Waals surface area contributed by atoms with E-state index in [0.29, 0.717) is 28.9 Å². The van der Waals surface area contributed by atoms with Crippen LogP contribution in [0.1, 0.15) is 17.7 Å². The molecule has 3 rings (SSSR count). The Hall–Kier alpha value is -2.14. The van der Waals surface area contributed by atoms with Gasteiger partial charge in [-0.05, 0) is 31.4 Å². The summed E-state index contributed by atoms with van der Waals surface area (Å²) < 4.78 is 61.7. The predicted molar refractivity (Wildman–Crippen MR) is 80.5 cm³/mol. The molecule has 0 atom stereocenters. The number of hydrogen-bond acceptors (Lipinski definition) is 4. The minimum absolute atomic E-state index is 0.160. The van der Waals surface area contributed by atoms with Gasteiger partial charge in [0.2, 0.25) is 0 Å². The van der Waals surface area contributed by atoms with Crippen LogP contribution < -0.4 is 10.3 Å². The average Bonchev–Trinajstić information content (AvgIpc) is 2.98. The van der Waals surface area contributed by atoms with Crippen LogP contribution in [0.25, 0.3) is 16.8 Å². The molecule has 0 aliphatic rings. The highest BCUT2D eigenvalue weighted by Crippen LogP contribution is 2.22. The molecule has 0 radical (unpaired) electrons. The number of sulfonamides is 1. The summed E-state index contributed by atoms with van der Waals surface area (Å²) in [5.74, 6) is 0. The third-order valence-electron chi connectivity index (χ3n) is 3.70. The van der Waals surface area contributed by atoms with Crippen LogP contribution in [-0.4, -0.2) is 34.8 Å². The van der Waals surface area contributed by atoms with Crippen molar-refractivity contribution in [2.75, 3.05) is 6.54 Å². The first-order valence-corrected chi connectivity index (χ1v) is 8.48. The molecule has 2 N–H and O–H groups in total. The number of halogens is 3. The third kappa shape index (κ3) is 2.63. The summed E-state index contributed by atoms with van der Waals surface area (Å²) in [6.07, 6.45) is 0.473. The topological polar surface area (TPSA) is 96.3 Å². The molecule has 7 nitrogen and oxygen atoms in total. The minimum Gasteiger partial charge on any atom is -0.306 e. The summed E-state index contributed by atoms with van der Waals surface area (Å²) >= 11 is 0. The van der Waals surface area contributed by atoms with Crippen LogP contribution in [0.5, 0.6) is 0 Å². The van der Waals surface area contributed by atoms with E-state index in [9.17, 15) is 26.4 Å². The van der Waals surface area contributed by atoms with Crippen LogP contribution in [0.15, 0.2) is 16.9 Å². The van der Waals surface area contributed by atoms with Crippen LogP contribution in [0.3, 0.4) is 0 Å². The van der Waals surface area contributed by atoms with E-state index in [1.165, 1.54) is 4.72 Å². The van der Waals surface area contributed by atoms with Crippen LogP contribution in [0.2, 0.25) is 0 Å². The number of aromatic nitrogens is 3. The van der Waals surface area contributed by atoms with E-state index in [-0.39, 0.29) is 18.5 Å². The summed E-state index contributed by atoms with van der Waals surface area (Å²) in [4.78, 5) is 18.9. The molecule has 0 saturated carbocycles. The molecule has 0 aromatic carbocycles. The lowest BCUT2D eigenvalue weighted by atomic mass is 10.1. The van der Waals surface area contributed by atoms with Gasteiger partial charge in [-0.3, -0.25) is 9.20 Å². The largest absolute Gasteiger partial charge is 0.511 e. The number of aryl methyl sites for hydroxylation is 2. The standard InChI is InChI=1S/C13H13F3N4O3S/c1-7-10-12(21)19-9-5-4-8(11(18-7)20(9)10)3-2-6-17-24(22,23)13(14,15)16/h4-5,17H,2-3,6H2,1H3,(H,19,21). The Morgan fingerprint density at radius 1 is 1.33 bits per heavy atom. The zero-order valence-electron chi connectivity index (χ0n) is 12.4. The van der Waals surface area contributed by atoms with Crippen LogP contribution in [-0.2, 0) is 16.4 Å². The fourth-order valence-corrected chi connectivity index (χ4v) is 3.19. The lowest BCUT2D eigenvalue weighted by Gasteiger charge is -2.09. The number of nitrogens with zero attached hydrogens (tertiary/aromatic N) is 2. The molecule has 0 saturated heterocycles. The van der Waals surface area contributed by atoms with E-state index in [1.54, 1.807) is 23.5 Å². The Morgan fingerprint density at radius 3 is 2.71 bits per heavy atom. The maximum atomic E-state index is 12.2. The van der Waals surface area contributed by atoms with Gasteiger partial charge in [0.05, 0.1) is 5.69 Å². The first-order valence-electron chi connectivity index (χ1n) is 7.00. The molecule has 0 aliphatic heterocycles. The Kier molecular flexibility index (Phi) is 3.79. The van der Waals surface area contributed by atoms with E-state index < -0.39 is 15.5 Å². The number of aromatic amines is 1. The number of nitrogens with one attached hydrogen (secondary N) is 2. The van der Waals surface area contributed by atoms with Gasteiger partial charge in [0.15, 0.2) is 0 Å². The van der Waals surface area contributed by atoms with Crippen molar-refractivity contribution in [1.29, 1.82) is 0 Å². The maximum absolute atomic E-state index is 12.2. The van der Waals surface area contributed by atoms with Gasteiger partial charge < -0.3 is 4.98 Å². The molecule has 3 aromatic rings. The molecular weight excluding hydrogens is 349 g/mol. The summed E-state index contributed by atoms with van der Waals surface area (Å²) in [7, 11) is -5.33. The number of imidazole rings is 2. The zero-order chi connectivity index (χ0) is 17.7. The summed E-state index contributed by atoms with van der Waals surface area (Å²) in [5, 5.41) is 0. The van der Waals surface area contributed by atoms with Crippen molar-refractivity contribution >= 4 is 26.8 Å². The lowest BCUT2D eigenvalue weighted by molar-refractivity contribution is -0.0447. The fourth-order valence-electron chi connectivity index (χ4n) is 2.61. The van der Waals surface area contributed by atoms with E-state index in [0.717, 1.165) is 5.56 Å². The minimum atomic E-state index is -5.33. The van der Waals surface area contributed by atoms with Crippen molar-refractivity contribution in [2.45, 2.75) is 25.3 Å². The quantitative estimate of drug-likeness (QED) is 0.669. The average molecular weight is 362 g/mol. The van der Waals surface area contributed by atoms with Crippen molar-refractivity contribution in [3.63, 3.8) is 0 Å². The molecule has 11 heteroatoms. The van der Waals surface area contributed by atoms with Crippen molar-refractivity contribution in [3.05, 3.63) is 33.7 Å². The van der Waals surface area contributed by atoms with Gasteiger partial charge in [0, 0.05) is 6.54 Å². The van der Waals surface area contributed by atoms with Gasteiger partial charge >= 0.3 is 15.5 Å². The van der Waals surface area contributed by atoms with Crippen LogP contribution in [0.4, 0.5) is 13.2 Å². The fraction of sp³-hybridized carbons (Fsp3) is 0.385. The molecule has 0 bridgehead atoms. The van der Waals surface area contributed by atoms with Crippen molar-refractivity contribution in [1.82, 2.24) is 19.1 Å².